The fourth-order valence-corrected chi connectivity index (χ4v) is 4.90. The molecular formula is C27H34N2O. The minimum absolute atomic E-state index is 0.240. The van der Waals surface area contributed by atoms with E-state index >= 15 is 0 Å². The Morgan fingerprint density at radius 3 is 2.37 bits per heavy atom. The van der Waals surface area contributed by atoms with Crippen LogP contribution >= 0.6 is 0 Å². The van der Waals surface area contributed by atoms with Crippen LogP contribution in [0.25, 0.3) is 0 Å². The van der Waals surface area contributed by atoms with Crippen LogP contribution in [0.15, 0.2) is 65.8 Å². The molecule has 0 radical (unpaired) electrons. The molecule has 0 saturated heterocycles. The third-order valence-electron chi connectivity index (χ3n) is 6.70. The van der Waals surface area contributed by atoms with Crippen LogP contribution in [-0.2, 0) is 4.42 Å². The number of carbonyl (C=O) groups excluding carboxylic acids is 1. The molecule has 30 heavy (non-hydrogen) atoms. The molecule has 1 aliphatic heterocycles. The van der Waals surface area contributed by atoms with E-state index in [0.29, 0.717) is 17.8 Å². The zero-order chi connectivity index (χ0) is 21.1. The molecule has 0 spiro atoms. The maximum Gasteiger partial charge on any atom is 0.230 e. The lowest BCUT2D eigenvalue weighted by molar-refractivity contribution is -0.0753. The van der Waals surface area contributed by atoms with Crippen molar-refractivity contribution in [2.75, 3.05) is 5.01 Å². The lowest BCUT2D eigenvalue weighted by Crippen LogP contribution is -2.43. The summed E-state index contributed by atoms with van der Waals surface area (Å²) in [5, 5.41) is 7.11. The Hall–Kier alpha value is -2.42. The third-order valence-corrected chi connectivity index (χ3v) is 6.70. The molecule has 3 heteroatoms. The molecule has 1 fully saturated rings. The minimum Gasteiger partial charge on any atom is -0.452 e. The van der Waals surface area contributed by atoms with E-state index in [0.717, 1.165) is 29.8 Å². The second-order valence-corrected chi connectivity index (χ2v) is 9.60. The molecular weight excluding hydrogens is 368 g/mol. The van der Waals surface area contributed by atoms with E-state index in [1.54, 1.807) is 0 Å². The first-order valence-corrected chi connectivity index (χ1v) is 11.4. The Balaban J connectivity index is 1.65. The summed E-state index contributed by atoms with van der Waals surface area (Å²) in [6.07, 6.45) is 8.17. The van der Waals surface area contributed by atoms with Gasteiger partial charge in [-0.1, -0.05) is 76.2 Å². The number of hydrazone groups is 1. The van der Waals surface area contributed by atoms with Crippen molar-refractivity contribution in [3.05, 3.63) is 66.2 Å². The zero-order valence-electron chi connectivity index (χ0n) is 18.7. The van der Waals surface area contributed by atoms with Gasteiger partial charge in [0, 0.05) is 24.2 Å². The summed E-state index contributed by atoms with van der Waals surface area (Å²) in [6, 6.07) is 20.8. The monoisotopic (exact) mass is 402 g/mol. The van der Waals surface area contributed by atoms with E-state index < -0.39 is 5.54 Å². The van der Waals surface area contributed by atoms with Crippen molar-refractivity contribution < 1.29 is 4.42 Å². The van der Waals surface area contributed by atoms with Gasteiger partial charge in [-0.2, -0.15) is 5.10 Å². The van der Waals surface area contributed by atoms with Gasteiger partial charge < -0.3 is 4.42 Å². The number of benzene rings is 2. The summed E-state index contributed by atoms with van der Waals surface area (Å²) in [5.41, 5.74) is 2.87. The van der Waals surface area contributed by atoms with Gasteiger partial charge in [0.05, 0.1) is 11.4 Å². The summed E-state index contributed by atoms with van der Waals surface area (Å²) in [5.74, 6) is 1.94. The number of rotatable bonds is 5. The lowest BCUT2D eigenvalue weighted by Gasteiger charge is -2.36. The predicted molar refractivity (Wildman–Crippen MR) is 126 cm³/mol. The molecule has 0 N–H and O–H groups in total. The Morgan fingerprint density at radius 1 is 1.03 bits per heavy atom. The Bertz CT molecular complexity index is 890. The normalized spacial score (nSPS) is 29.6. The van der Waals surface area contributed by atoms with Crippen molar-refractivity contribution in [1.29, 1.82) is 0 Å². The summed E-state index contributed by atoms with van der Waals surface area (Å²) < 4.78 is 6.49. The van der Waals surface area contributed by atoms with E-state index in [1.165, 1.54) is 12.8 Å². The molecule has 0 aromatic heterocycles. The molecule has 1 saturated carbocycles. The molecule has 4 rings (SSSR count). The van der Waals surface area contributed by atoms with Gasteiger partial charge in [-0.25, -0.2) is 0 Å². The SMILES string of the molecule is CC(C)[C@@H]1CC[C@@H](C)C[C@H]1[O+]=[C-]C1(C)CC(c2ccccc2)=NN1c1ccccc1. The van der Waals surface area contributed by atoms with E-state index in [4.69, 9.17) is 9.53 Å². The van der Waals surface area contributed by atoms with Gasteiger partial charge >= 0.3 is 0 Å². The Kier molecular flexibility index (Phi) is 6.08. The fraction of sp³-hybridized carbons (Fsp3) is 0.481. The quantitative estimate of drug-likeness (QED) is 0.434. The number of anilines is 1. The van der Waals surface area contributed by atoms with Crippen LogP contribution in [0.3, 0.4) is 0 Å². The van der Waals surface area contributed by atoms with Crippen molar-refractivity contribution >= 4 is 17.7 Å². The van der Waals surface area contributed by atoms with Crippen LogP contribution in [0.2, 0.25) is 0 Å². The number of para-hydroxylation sites is 1. The summed E-state index contributed by atoms with van der Waals surface area (Å²) in [7, 11) is 0. The second-order valence-electron chi connectivity index (χ2n) is 9.60. The average molecular weight is 403 g/mol. The molecule has 158 valence electrons. The van der Waals surface area contributed by atoms with Crippen LogP contribution in [0.4, 0.5) is 5.69 Å². The van der Waals surface area contributed by atoms with Gasteiger partial charge in [-0.3, -0.25) is 5.01 Å². The Labute approximate surface area is 181 Å². The molecule has 0 amide bonds. The van der Waals surface area contributed by atoms with Crippen molar-refractivity contribution in [2.24, 2.45) is 22.9 Å². The molecule has 2 aromatic carbocycles. The molecule has 2 aliphatic rings. The van der Waals surface area contributed by atoms with E-state index in [9.17, 15) is 0 Å². The smallest absolute Gasteiger partial charge is 0.230 e. The first kappa shape index (κ1) is 20.8. The summed E-state index contributed by atoms with van der Waals surface area (Å²) in [4.78, 5) is 0. The first-order valence-electron chi connectivity index (χ1n) is 11.4. The zero-order valence-corrected chi connectivity index (χ0v) is 18.7. The molecule has 1 unspecified atom stereocenters. The topological polar surface area (TPSA) is 26.9 Å². The average Bonchev–Trinajstić information content (AvgIpc) is 3.11. The maximum atomic E-state index is 6.49. The fourth-order valence-electron chi connectivity index (χ4n) is 4.90. The van der Waals surface area contributed by atoms with Crippen molar-refractivity contribution in [1.82, 2.24) is 0 Å². The summed E-state index contributed by atoms with van der Waals surface area (Å²) >= 11 is 0. The number of hydrogen-bond donors (Lipinski definition) is 0. The summed E-state index contributed by atoms with van der Waals surface area (Å²) in [6.45, 7) is 9.18. The van der Waals surface area contributed by atoms with Crippen molar-refractivity contribution in [3.63, 3.8) is 0 Å². The molecule has 1 aliphatic carbocycles. The van der Waals surface area contributed by atoms with E-state index in [-0.39, 0.29) is 6.10 Å². The highest BCUT2D eigenvalue weighted by molar-refractivity contribution is 6.06. The molecule has 4 atom stereocenters. The second kappa shape index (κ2) is 8.75. The van der Waals surface area contributed by atoms with Crippen LogP contribution < -0.4 is 5.01 Å². The molecule has 2 aromatic rings. The first-order chi connectivity index (χ1) is 14.5. The van der Waals surface area contributed by atoms with Crippen LogP contribution in [0, 0.1) is 17.8 Å². The van der Waals surface area contributed by atoms with E-state index in [1.807, 2.05) is 12.1 Å². The highest BCUT2D eigenvalue weighted by Gasteiger charge is 2.38. The Morgan fingerprint density at radius 2 is 1.70 bits per heavy atom. The number of nitrogens with zero attached hydrogens (tertiary/aromatic N) is 2. The highest BCUT2D eigenvalue weighted by Crippen LogP contribution is 2.36. The predicted octanol–water partition coefficient (Wildman–Crippen LogP) is 6.17. The van der Waals surface area contributed by atoms with Gasteiger partial charge in [0.25, 0.3) is 0 Å². The minimum atomic E-state index is -0.436. The third kappa shape index (κ3) is 4.35. The van der Waals surface area contributed by atoms with E-state index in [2.05, 4.69) is 87.5 Å². The largest absolute Gasteiger partial charge is 0.452 e. The number of hydrogen-bond acceptors (Lipinski definition) is 2. The highest BCUT2D eigenvalue weighted by atomic mass is 16.4. The maximum absolute atomic E-state index is 6.49. The molecule has 3 nitrogen and oxygen atoms in total. The van der Waals surface area contributed by atoms with Crippen LogP contribution in [0.5, 0.6) is 0 Å². The van der Waals surface area contributed by atoms with Gasteiger partial charge in [-0.05, 0) is 48.8 Å². The van der Waals surface area contributed by atoms with Crippen LogP contribution in [-0.4, -0.2) is 23.6 Å². The molecule has 0 bridgehead atoms. The van der Waals surface area contributed by atoms with Gasteiger partial charge in [0.15, 0.2) is 0 Å². The van der Waals surface area contributed by atoms with Crippen molar-refractivity contribution in [2.45, 2.75) is 65.0 Å². The van der Waals surface area contributed by atoms with Gasteiger partial charge in [-0.15, -0.1) is 0 Å². The van der Waals surface area contributed by atoms with Crippen LogP contribution in [0.1, 0.15) is 58.9 Å². The van der Waals surface area contributed by atoms with Gasteiger partial charge in [0.2, 0.25) is 6.10 Å². The van der Waals surface area contributed by atoms with Crippen molar-refractivity contribution in [3.8, 4) is 0 Å². The molecule has 1 heterocycles. The lowest BCUT2D eigenvalue weighted by atomic mass is 9.75. The van der Waals surface area contributed by atoms with Gasteiger partial charge in [0.1, 0.15) is 0 Å². The standard InChI is InChI=1S/C27H34N2O/c1-20(2)24-16-15-21(3)17-26(24)30-19-27(4)18-25(22-11-7-5-8-12-22)28-29(27)23-13-9-6-10-14-23/h5-14,20-21,24,26H,15-18H2,1-4H3/t21-,24+,26-,27?/m1/s1.